The number of fused-ring (bicyclic) bond motifs is 1. The molecule has 0 saturated heterocycles. The number of para-hydroxylation sites is 1. The van der Waals surface area contributed by atoms with Crippen LogP contribution in [0.4, 0.5) is 17.1 Å². The molecule has 0 fully saturated rings. The Morgan fingerprint density at radius 3 is 2.62 bits per heavy atom. The predicted molar refractivity (Wildman–Crippen MR) is 116 cm³/mol. The Morgan fingerprint density at radius 2 is 1.86 bits per heavy atom. The van der Waals surface area contributed by atoms with Crippen molar-refractivity contribution in [1.82, 2.24) is 4.98 Å². The molecule has 1 aliphatic heterocycles. The standard InChI is InChI=1S/C24H25N3O2/c1-16(2)29-21-10-8-19(9-11-21)26-20-12-13-25-22(15-20)24(28)27-17(3)14-18-6-4-5-7-23(18)27/h4-13,15-17H,14H2,1-3H3,(H,25,26). The van der Waals surface area contributed by atoms with E-state index in [4.69, 9.17) is 4.74 Å². The van der Waals surface area contributed by atoms with Crippen LogP contribution in [0.15, 0.2) is 66.9 Å². The van der Waals surface area contributed by atoms with E-state index in [9.17, 15) is 4.79 Å². The summed E-state index contributed by atoms with van der Waals surface area (Å²) in [4.78, 5) is 19.4. The van der Waals surface area contributed by atoms with Crippen molar-refractivity contribution in [3.63, 3.8) is 0 Å². The summed E-state index contributed by atoms with van der Waals surface area (Å²) in [7, 11) is 0. The van der Waals surface area contributed by atoms with E-state index in [1.165, 1.54) is 5.56 Å². The molecule has 148 valence electrons. The Labute approximate surface area is 171 Å². The van der Waals surface area contributed by atoms with Crippen LogP contribution in [0.1, 0.15) is 36.8 Å². The molecule has 1 unspecified atom stereocenters. The Kier molecular flexibility index (Phi) is 5.21. The zero-order valence-electron chi connectivity index (χ0n) is 16.9. The number of aromatic nitrogens is 1. The number of amides is 1. The summed E-state index contributed by atoms with van der Waals surface area (Å²) in [5.74, 6) is 0.754. The van der Waals surface area contributed by atoms with Gasteiger partial charge in [-0.1, -0.05) is 18.2 Å². The molecule has 0 saturated carbocycles. The monoisotopic (exact) mass is 387 g/mol. The quantitative estimate of drug-likeness (QED) is 0.653. The molecule has 1 atom stereocenters. The summed E-state index contributed by atoms with van der Waals surface area (Å²) in [6.07, 6.45) is 2.67. The lowest BCUT2D eigenvalue weighted by molar-refractivity contribution is 0.0976. The van der Waals surface area contributed by atoms with Crippen LogP contribution in [0.3, 0.4) is 0 Å². The van der Waals surface area contributed by atoms with Crippen molar-refractivity contribution < 1.29 is 9.53 Å². The van der Waals surface area contributed by atoms with Crippen LogP contribution in [-0.2, 0) is 6.42 Å². The van der Waals surface area contributed by atoms with Gasteiger partial charge in [0.25, 0.3) is 5.91 Å². The van der Waals surface area contributed by atoms with Crippen molar-refractivity contribution in [3.8, 4) is 5.75 Å². The van der Waals surface area contributed by atoms with Crippen LogP contribution in [0.5, 0.6) is 5.75 Å². The van der Waals surface area contributed by atoms with Gasteiger partial charge in [-0.3, -0.25) is 9.78 Å². The Bertz CT molecular complexity index is 1010. The molecular weight excluding hydrogens is 362 g/mol. The highest BCUT2D eigenvalue weighted by molar-refractivity contribution is 6.07. The number of ether oxygens (including phenoxy) is 1. The Hall–Kier alpha value is -3.34. The third kappa shape index (κ3) is 4.09. The first-order valence-corrected chi connectivity index (χ1v) is 9.92. The number of anilines is 3. The van der Waals surface area contributed by atoms with E-state index in [-0.39, 0.29) is 18.1 Å². The summed E-state index contributed by atoms with van der Waals surface area (Å²) < 4.78 is 5.68. The van der Waals surface area contributed by atoms with Gasteiger partial charge in [-0.05, 0) is 75.2 Å². The summed E-state index contributed by atoms with van der Waals surface area (Å²) in [5, 5.41) is 3.33. The van der Waals surface area contributed by atoms with Gasteiger partial charge in [0.1, 0.15) is 11.4 Å². The predicted octanol–water partition coefficient (Wildman–Crippen LogP) is 5.20. The summed E-state index contributed by atoms with van der Waals surface area (Å²) in [6, 6.07) is 19.6. The minimum Gasteiger partial charge on any atom is -0.491 e. The molecule has 5 nitrogen and oxygen atoms in total. The number of carbonyl (C=O) groups excluding carboxylic acids is 1. The lowest BCUT2D eigenvalue weighted by Crippen LogP contribution is -2.36. The molecule has 0 aliphatic carbocycles. The SMILES string of the molecule is CC(C)Oc1ccc(Nc2ccnc(C(=O)N3c4ccccc4CC3C)c2)cc1. The number of nitrogens with one attached hydrogen (secondary N) is 1. The minimum atomic E-state index is -0.0771. The van der Waals surface area contributed by atoms with Gasteiger partial charge in [0.15, 0.2) is 0 Å². The maximum atomic E-state index is 13.2. The Morgan fingerprint density at radius 1 is 1.10 bits per heavy atom. The zero-order valence-corrected chi connectivity index (χ0v) is 16.9. The highest BCUT2D eigenvalue weighted by Crippen LogP contribution is 2.33. The maximum Gasteiger partial charge on any atom is 0.277 e. The molecule has 29 heavy (non-hydrogen) atoms. The fourth-order valence-electron chi connectivity index (χ4n) is 3.68. The summed E-state index contributed by atoms with van der Waals surface area (Å²) >= 11 is 0. The number of hydrogen-bond acceptors (Lipinski definition) is 4. The van der Waals surface area contributed by atoms with Gasteiger partial charge in [-0.2, -0.15) is 0 Å². The molecule has 2 aromatic carbocycles. The lowest BCUT2D eigenvalue weighted by atomic mass is 10.1. The fraction of sp³-hybridized carbons (Fsp3) is 0.250. The van der Waals surface area contributed by atoms with E-state index < -0.39 is 0 Å². The first-order chi connectivity index (χ1) is 14.0. The number of carbonyl (C=O) groups is 1. The number of nitrogens with zero attached hydrogens (tertiary/aromatic N) is 2. The summed E-state index contributed by atoms with van der Waals surface area (Å²) in [6.45, 7) is 6.07. The average molecular weight is 387 g/mol. The van der Waals surface area contributed by atoms with Crippen molar-refractivity contribution >= 4 is 23.0 Å². The molecule has 3 aromatic rings. The molecule has 1 amide bonds. The maximum absolute atomic E-state index is 13.2. The topological polar surface area (TPSA) is 54.5 Å². The highest BCUT2D eigenvalue weighted by atomic mass is 16.5. The molecule has 0 spiro atoms. The van der Waals surface area contributed by atoms with Crippen LogP contribution < -0.4 is 15.0 Å². The summed E-state index contributed by atoms with van der Waals surface area (Å²) in [5.41, 5.74) is 4.35. The van der Waals surface area contributed by atoms with Crippen LogP contribution >= 0.6 is 0 Å². The van der Waals surface area contributed by atoms with Gasteiger partial charge >= 0.3 is 0 Å². The van der Waals surface area contributed by atoms with Crippen molar-refractivity contribution in [2.45, 2.75) is 39.3 Å². The van der Waals surface area contributed by atoms with E-state index >= 15 is 0 Å². The van der Waals surface area contributed by atoms with Gasteiger partial charge in [0, 0.05) is 29.3 Å². The average Bonchev–Trinajstić information content (AvgIpc) is 3.04. The second-order valence-corrected chi connectivity index (χ2v) is 7.60. The van der Waals surface area contributed by atoms with E-state index in [2.05, 4.69) is 23.3 Å². The minimum absolute atomic E-state index is 0.0771. The number of hydrogen-bond donors (Lipinski definition) is 1. The highest BCUT2D eigenvalue weighted by Gasteiger charge is 2.31. The van der Waals surface area contributed by atoms with E-state index in [0.717, 1.165) is 29.2 Å². The fourth-order valence-corrected chi connectivity index (χ4v) is 3.68. The van der Waals surface area contributed by atoms with Crippen LogP contribution in [-0.4, -0.2) is 23.0 Å². The van der Waals surface area contributed by atoms with Crippen LogP contribution in [0.25, 0.3) is 0 Å². The van der Waals surface area contributed by atoms with Crippen molar-refractivity contribution in [2.24, 2.45) is 0 Å². The molecule has 0 bridgehead atoms. The van der Waals surface area contributed by atoms with E-state index in [0.29, 0.717) is 5.69 Å². The smallest absolute Gasteiger partial charge is 0.277 e. The number of benzene rings is 2. The molecule has 4 rings (SSSR count). The van der Waals surface area contributed by atoms with Gasteiger partial charge in [0.05, 0.1) is 6.10 Å². The zero-order chi connectivity index (χ0) is 20.4. The van der Waals surface area contributed by atoms with Crippen molar-refractivity contribution in [3.05, 3.63) is 78.1 Å². The third-order valence-electron chi connectivity index (χ3n) is 4.92. The van der Waals surface area contributed by atoms with Crippen LogP contribution in [0, 0.1) is 0 Å². The molecule has 2 heterocycles. The van der Waals surface area contributed by atoms with Gasteiger partial charge in [-0.15, -0.1) is 0 Å². The van der Waals surface area contributed by atoms with Gasteiger partial charge in [0.2, 0.25) is 0 Å². The van der Waals surface area contributed by atoms with E-state index in [1.54, 1.807) is 12.3 Å². The Balaban J connectivity index is 1.52. The number of rotatable bonds is 5. The second-order valence-electron chi connectivity index (χ2n) is 7.60. The largest absolute Gasteiger partial charge is 0.491 e. The van der Waals surface area contributed by atoms with Crippen molar-refractivity contribution in [1.29, 1.82) is 0 Å². The van der Waals surface area contributed by atoms with Gasteiger partial charge in [-0.25, -0.2) is 0 Å². The normalized spacial score (nSPS) is 15.3. The molecule has 1 N–H and O–H groups in total. The molecule has 0 radical (unpaired) electrons. The van der Waals surface area contributed by atoms with Crippen molar-refractivity contribution in [2.75, 3.05) is 10.2 Å². The van der Waals surface area contributed by atoms with E-state index in [1.807, 2.05) is 67.3 Å². The molecule has 5 heteroatoms. The lowest BCUT2D eigenvalue weighted by Gasteiger charge is -2.22. The molecular formula is C24H25N3O2. The second kappa shape index (κ2) is 7.95. The van der Waals surface area contributed by atoms with Gasteiger partial charge < -0.3 is 15.0 Å². The van der Waals surface area contributed by atoms with Crippen LogP contribution in [0.2, 0.25) is 0 Å². The molecule has 1 aromatic heterocycles. The molecule has 1 aliphatic rings. The first-order valence-electron chi connectivity index (χ1n) is 9.92. The third-order valence-corrected chi connectivity index (χ3v) is 4.92. The number of pyridine rings is 1. The first kappa shape index (κ1) is 19.0.